The van der Waals surface area contributed by atoms with Gasteiger partial charge in [-0.05, 0) is 24.6 Å². The fourth-order valence-corrected chi connectivity index (χ4v) is 2.04. The van der Waals surface area contributed by atoms with Gasteiger partial charge in [0.1, 0.15) is 5.75 Å². The van der Waals surface area contributed by atoms with Crippen LogP contribution in [-0.2, 0) is 6.18 Å². The van der Waals surface area contributed by atoms with E-state index in [9.17, 15) is 13.2 Å². The third kappa shape index (κ3) is 3.21. The molecular formula is C15H16F3NO. The molecule has 1 aromatic carbocycles. The minimum Gasteiger partial charge on any atom is -0.493 e. The highest BCUT2D eigenvalue weighted by Gasteiger charge is 2.33. The summed E-state index contributed by atoms with van der Waals surface area (Å²) in [6.45, 7) is 2.58. The highest BCUT2D eigenvalue weighted by molar-refractivity contribution is 5.87. The van der Waals surface area contributed by atoms with Crippen LogP contribution >= 0.6 is 0 Å². The molecular weight excluding hydrogens is 267 g/mol. The summed E-state index contributed by atoms with van der Waals surface area (Å²) in [5, 5.41) is 0.402. The van der Waals surface area contributed by atoms with Crippen LogP contribution in [0.1, 0.15) is 31.7 Å². The molecule has 0 saturated heterocycles. The molecule has 5 heteroatoms. The molecule has 0 N–H and O–H groups in total. The van der Waals surface area contributed by atoms with Crippen LogP contribution in [0, 0.1) is 0 Å². The van der Waals surface area contributed by atoms with E-state index in [0.29, 0.717) is 17.7 Å². The first-order chi connectivity index (χ1) is 9.54. The predicted molar refractivity (Wildman–Crippen MR) is 71.8 cm³/mol. The summed E-state index contributed by atoms with van der Waals surface area (Å²) in [5.41, 5.74) is -0.790. The Morgan fingerprint density at radius 3 is 2.65 bits per heavy atom. The van der Waals surface area contributed by atoms with E-state index >= 15 is 0 Å². The number of alkyl halides is 3. The molecule has 0 bridgehead atoms. The van der Waals surface area contributed by atoms with Crippen molar-refractivity contribution in [3.05, 3.63) is 36.0 Å². The van der Waals surface area contributed by atoms with E-state index in [4.69, 9.17) is 4.74 Å². The number of hydrogen-bond donors (Lipinski definition) is 0. The Kier molecular flexibility index (Phi) is 4.47. The number of ether oxygens (including phenoxy) is 1. The highest BCUT2D eigenvalue weighted by Crippen LogP contribution is 2.36. The molecule has 0 fully saturated rings. The maximum Gasteiger partial charge on any atom is 0.418 e. The molecule has 0 spiro atoms. The number of hydrogen-bond acceptors (Lipinski definition) is 2. The van der Waals surface area contributed by atoms with E-state index in [0.717, 1.165) is 25.3 Å². The van der Waals surface area contributed by atoms with Gasteiger partial charge < -0.3 is 4.74 Å². The second-order valence-electron chi connectivity index (χ2n) is 4.56. The fourth-order valence-electron chi connectivity index (χ4n) is 2.04. The average Bonchev–Trinajstić information content (AvgIpc) is 2.42. The summed E-state index contributed by atoms with van der Waals surface area (Å²) in [6.07, 6.45) is -0.0607. The Bertz CT molecular complexity index is 581. The van der Waals surface area contributed by atoms with Gasteiger partial charge in [0.2, 0.25) is 0 Å². The first-order valence-corrected chi connectivity index (χ1v) is 6.61. The Hall–Kier alpha value is -1.78. The number of fused-ring (bicyclic) bond motifs is 1. The van der Waals surface area contributed by atoms with Gasteiger partial charge in [0.15, 0.2) is 0 Å². The highest BCUT2D eigenvalue weighted by atomic mass is 19.4. The van der Waals surface area contributed by atoms with E-state index in [2.05, 4.69) is 11.9 Å². The standard InChI is InChI=1S/C15H16F3NO/c1-2-3-4-10-20-13-8-9-19-14-11(13)6-5-7-12(14)15(16,17)18/h5-9H,2-4,10H2,1H3. The van der Waals surface area contributed by atoms with Crippen molar-refractivity contribution in [2.45, 2.75) is 32.4 Å². The first-order valence-electron chi connectivity index (χ1n) is 6.61. The maximum absolute atomic E-state index is 12.9. The van der Waals surface area contributed by atoms with Crippen LogP contribution in [0.5, 0.6) is 5.75 Å². The van der Waals surface area contributed by atoms with Gasteiger partial charge in [-0.2, -0.15) is 13.2 Å². The summed E-state index contributed by atoms with van der Waals surface area (Å²) in [5.74, 6) is 0.456. The van der Waals surface area contributed by atoms with Gasteiger partial charge in [0.25, 0.3) is 0 Å². The van der Waals surface area contributed by atoms with Crippen molar-refractivity contribution in [2.75, 3.05) is 6.61 Å². The third-order valence-corrected chi connectivity index (χ3v) is 3.04. The molecule has 20 heavy (non-hydrogen) atoms. The van der Waals surface area contributed by atoms with E-state index in [1.54, 1.807) is 12.1 Å². The lowest BCUT2D eigenvalue weighted by molar-refractivity contribution is -0.136. The number of aromatic nitrogens is 1. The number of pyridine rings is 1. The zero-order valence-electron chi connectivity index (χ0n) is 11.2. The smallest absolute Gasteiger partial charge is 0.418 e. The molecule has 2 rings (SSSR count). The Labute approximate surface area is 115 Å². The number of halogens is 3. The van der Waals surface area contributed by atoms with E-state index < -0.39 is 11.7 Å². The number of nitrogens with zero attached hydrogens (tertiary/aromatic N) is 1. The topological polar surface area (TPSA) is 22.1 Å². The number of benzene rings is 1. The Morgan fingerprint density at radius 2 is 1.95 bits per heavy atom. The van der Waals surface area contributed by atoms with E-state index in [1.807, 2.05) is 0 Å². The Morgan fingerprint density at radius 1 is 1.15 bits per heavy atom. The molecule has 1 aromatic heterocycles. The van der Waals surface area contributed by atoms with Gasteiger partial charge in [-0.3, -0.25) is 4.98 Å². The van der Waals surface area contributed by atoms with Crippen molar-refractivity contribution < 1.29 is 17.9 Å². The number of rotatable bonds is 5. The van der Waals surface area contributed by atoms with Gasteiger partial charge in [0.05, 0.1) is 17.7 Å². The predicted octanol–water partition coefficient (Wildman–Crippen LogP) is 4.82. The number of unbranched alkanes of at least 4 members (excludes halogenated alkanes) is 2. The van der Waals surface area contributed by atoms with Gasteiger partial charge in [-0.25, -0.2) is 0 Å². The zero-order chi connectivity index (χ0) is 14.6. The second kappa shape index (κ2) is 6.11. The molecule has 108 valence electrons. The van der Waals surface area contributed by atoms with Crippen LogP contribution < -0.4 is 4.74 Å². The number of para-hydroxylation sites is 1. The van der Waals surface area contributed by atoms with Crippen LogP contribution in [0.25, 0.3) is 10.9 Å². The van der Waals surface area contributed by atoms with E-state index in [1.165, 1.54) is 12.3 Å². The Balaban J connectivity index is 2.33. The molecule has 1 heterocycles. The second-order valence-corrected chi connectivity index (χ2v) is 4.56. The van der Waals surface area contributed by atoms with Crippen LogP contribution in [-0.4, -0.2) is 11.6 Å². The molecule has 0 unspecified atom stereocenters. The molecule has 0 aliphatic heterocycles. The average molecular weight is 283 g/mol. The summed E-state index contributed by atoms with van der Waals surface area (Å²) < 4.78 is 44.3. The van der Waals surface area contributed by atoms with E-state index in [-0.39, 0.29) is 5.52 Å². The fraction of sp³-hybridized carbons (Fsp3) is 0.400. The molecule has 2 aromatic rings. The molecule has 0 atom stereocenters. The van der Waals surface area contributed by atoms with Crippen molar-refractivity contribution in [2.24, 2.45) is 0 Å². The zero-order valence-corrected chi connectivity index (χ0v) is 11.2. The van der Waals surface area contributed by atoms with Crippen molar-refractivity contribution in [3.8, 4) is 5.75 Å². The van der Waals surface area contributed by atoms with Gasteiger partial charge in [0, 0.05) is 11.6 Å². The molecule has 0 amide bonds. The van der Waals surface area contributed by atoms with Gasteiger partial charge in [-0.1, -0.05) is 25.8 Å². The van der Waals surface area contributed by atoms with Crippen LogP contribution in [0.2, 0.25) is 0 Å². The van der Waals surface area contributed by atoms with Crippen LogP contribution in [0.15, 0.2) is 30.5 Å². The summed E-state index contributed by atoms with van der Waals surface area (Å²) in [7, 11) is 0. The van der Waals surface area contributed by atoms with Crippen LogP contribution in [0.3, 0.4) is 0 Å². The van der Waals surface area contributed by atoms with Gasteiger partial charge in [-0.15, -0.1) is 0 Å². The molecule has 0 aliphatic carbocycles. The maximum atomic E-state index is 12.9. The largest absolute Gasteiger partial charge is 0.493 e. The van der Waals surface area contributed by atoms with Crippen LogP contribution in [0.4, 0.5) is 13.2 Å². The quantitative estimate of drug-likeness (QED) is 0.734. The molecule has 0 aliphatic rings. The van der Waals surface area contributed by atoms with Crippen molar-refractivity contribution in [1.82, 2.24) is 4.98 Å². The molecule has 0 radical (unpaired) electrons. The SMILES string of the molecule is CCCCCOc1ccnc2c(C(F)(F)F)cccc12. The van der Waals surface area contributed by atoms with Crippen molar-refractivity contribution >= 4 is 10.9 Å². The minimum atomic E-state index is -4.41. The third-order valence-electron chi connectivity index (χ3n) is 3.04. The monoisotopic (exact) mass is 283 g/mol. The van der Waals surface area contributed by atoms with Crippen molar-refractivity contribution in [1.29, 1.82) is 0 Å². The lowest BCUT2D eigenvalue weighted by Crippen LogP contribution is -2.07. The minimum absolute atomic E-state index is 0.0620. The summed E-state index contributed by atoms with van der Waals surface area (Å²) in [6, 6.07) is 5.63. The lowest BCUT2D eigenvalue weighted by Gasteiger charge is -2.12. The van der Waals surface area contributed by atoms with Gasteiger partial charge >= 0.3 is 6.18 Å². The molecule has 2 nitrogen and oxygen atoms in total. The van der Waals surface area contributed by atoms with Crippen molar-refractivity contribution in [3.63, 3.8) is 0 Å². The summed E-state index contributed by atoms with van der Waals surface area (Å²) in [4.78, 5) is 3.85. The lowest BCUT2D eigenvalue weighted by atomic mass is 10.1. The molecule has 0 saturated carbocycles. The first kappa shape index (κ1) is 14.6. The summed E-state index contributed by atoms with van der Waals surface area (Å²) >= 11 is 0. The normalized spacial score (nSPS) is 11.8.